The molecule has 2 aromatic heterocycles. The van der Waals surface area contributed by atoms with Crippen molar-refractivity contribution in [2.45, 2.75) is 31.5 Å². The van der Waals surface area contributed by atoms with E-state index in [2.05, 4.69) is 15.3 Å². The summed E-state index contributed by atoms with van der Waals surface area (Å²) in [6.45, 7) is 0.299. The molecule has 13 heteroatoms. The lowest BCUT2D eigenvalue weighted by Crippen LogP contribution is -2.44. The molecule has 1 aromatic carbocycles. The molecule has 0 radical (unpaired) electrons. The lowest BCUT2D eigenvalue weighted by Gasteiger charge is -2.35. The summed E-state index contributed by atoms with van der Waals surface area (Å²) in [5.41, 5.74) is 6.10. The fourth-order valence-corrected chi connectivity index (χ4v) is 4.78. The number of benzene rings is 1. The monoisotopic (exact) mass is 507 g/mol. The van der Waals surface area contributed by atoms with Gasteiger partial charge in [0.1, 0.15) is 5.56 Å². The first kappa shape index (κ1) is 24.4. The second-order valence-electron chi connectivity index (χ2n) is 7.85. The van der Waals surface area contributed by atoms with E-state index in [4.69, 9.17) is 10.5 Å². The van der Waals surface area contributed by atoms with Gasteiger partial charge < -0.3 is 20.7 Å². The number of methoxy groups -OCH3 is 1. The zero-order chi connectivity index (χ0) is 25.3. The van der Waals surface area contributed by atoms with Gasteiger partial charge in [0, 0.05) is 6.54 Å². The summed E-state index contributed by atoms with van der Waals surface area (Å²) in [6.07, 6.45) is -1.33. The van der Waals surface area contributed by atoms with E-state index in [0.29, 0.717) is 41.0 Å². The highest BCUT2D eigenvalue weighted by Crippen LogP contribution is 2.38. The predicted molar refractivity (Wildman–Crippen MR) is 121 cm³/mol. The number of carbonyl (C=O) groups excluding carboxylic acids is 3. The molecule has 0 spiro atoms. The summed E-state index contributed by atoms with van der Waals surface area (Å²) in [4.78, 5) is 46.4. The lowest BCUT2D eigenvalue weighted by atomic mass is 9.95. The number of amides is 3. The van der Waals surface area contributed by atoms with Crippen LogP contribution in [0, 0.1) is 0 Å². The molecule has 9 nitrogen and oxygen atoms in total. The van der Waals surface area contributed by atoms with Crippen molar-refractivity contribution < 1.29 is 32.3 Å². The number of carbonyl (C=O) groups is 3. The van der Waals surface area contributed by atoms with Gasteiger partial charge in [0.2, 0.25) is 5.88 Å². The van der Waals surface area contributed by atoms with Gasteiger partial charge in [-0.1, -0.05) is 6.07 Å². The molecule has 4 rings (SSSR count). The molecule has 1 aliphatic heterocycles. The maximum absolute atomic E-state index is 13.0. The molecule has 0 unspecified atom stereocenters. The number of anilines is 1. The molecule has 0 saturated carbocycles. The average Bonchev–Trinajstić information content (AvgIpc) is 3.27. The molecule has 1 atom stereocenters. The molecule has 3 heterocycles. The van der Waals surface area contributed by atoms with Gasteiger partial charge in [-0.05, 0) is 43.0 Å². The summed E-state index contributed by atoms with van der Waals surface area (Å²) in [5.74, 6) is -2.61. The van der Waals surface area contributed by atoms with Gasteiger partial charge in [-0.15, -0.1) is 11.3 Å². The van der Waals surface area contributed by atoms with Gasteiger partial charge in [-0.2, -0.15) is 13.2 Å². The SMILES string of the molecule is COc1ncc(NC(=O)C(=O)N2CCCC[C@H]2c2ccc3sc(C(F)(F)F)nc3c2)cc1C(N)=O. The number of ether oxygens (including phenoxy) is 1. The molecule has 35 heavy (non-hydrogen) atoms. The zero-order valence-corrected chi connectivity index (χ0v) is 19.2. The number of hydrogen-bond acceptors (Lipinski definition) is 7. The van der Waals surface area contributed by atoms with Crippen LogP contribution in [-0.2, 0) is 15.8 Å². The van der Waals surface area contributed by atoms with Crippen LogP contribution < -0.4 is 15.8 Å². The van der Waals surface area contributed by atoms with E-state index in [-0.39, 0.29) is 22.6 Å². The zero-order valence-electron chi connectivity index (χ0n) is 18.4. The Morgan fingerprint density at radius 2 is 2.00 bits per heavy atom. The van der Waals surface area contributed by atoms with Crippen LogP contribution in [0.15, 0.2) is 30.5 Å². The van der Waals surface area contributed by atoms with E-state index in [9.17, 15) is 27.6 Å². The van der Waals surface area contributed by atoms with Crippen LogP contribution >= 0.6 is 11.3 Å². The number of likely N-dealkylation sites (tertiary alicyclic amines) is 1. The van der Waals surface area contributed by atoms with Crippen LogP contribution in [-0.4, -0.2) is 46.2 Å². The highest BCUT2D eigenvalue weighted by Gasteiger charge is 2.36. The minimum Gasteiger partial charge on any atom is -0.480 e. The van der Waals surface area contributed by atoms with Gasteiger partial charge in [0.25, 0.3) is 5.91 Å². The van der Waals surface area contributed by atoms with Crippen molar-refractivity contribution in [3.8, 4) is 5.88 Å². The van der Waals surface area contributed by atoms with Crippen LogP contribution in [0.4, 0.5) is 18.9 Å². The van der Waals surface area contributed by atoms with Crippen molar-refractivity contribution in [1.29, 1.82) is 0 Å². The summed E-state index contributed by atoms with van der Waals surface area (Å²) in [6, 6.07) is 5.48. The summed E-state index contributed by atoms with van der Waals surface area (Å²) < 4.78 is 44.5. The third-order valence-electron chi connectivity index (χ3n) is 5.56. The number of alkyl halides is 3. The Labute approximate surface area is 201 Å². The lowest BCUT2D eigenvalue weighted by molar-refractivity contribution is -0.145. The molecule has 0 aliphatic carbocycles. The number of rotatable bonds is 4. The van der Waals surface area contributed by atoms with Crippen LogP contribution in [0.1, 0.15) is 46.2 Å². The predicted octanol–water partition coefficient (Wildman–Crippen LogP) is 3.51. The average molecular weight is 507 g/mol. The number of nitrogens with two attached hydrogens (primary N) is 1. The fourth-order valence-electron chi connectivity index (χ4n) is 3.97. The van der Waals surface area contributed by atoms with Gasteiger partial charge in [-0.25, -0.2) is 9.97 Å². The number of nitrogens with one attached hydrogen (secondary N) is 1. The van der Waals surface area contributed by atoms with E-state index < -0.39 is 34.9 Å². The standard InChI is InChI=1S/C22H20F3N5O4S/c1-34-19-13(17(26)31)9-12(10-27-19)28-18(32)20(33)30-7-3-2-4-15(30)11-5-6-16-14(8-11)29-21(35-16)22(23,24)25/h5-6,8-10,15H,2-4,7H2,1H3,(H2,26,31)(H,28,32)/t15-/m0/s1. The summed E-state index contributed by atoms with van der Waals surface area (Å²) in [7, 11) is 1.31. The molecule has 3 amide bonds. The number of fused-ring (bicyclic) bond motifs is 1. The molecule has 184 valence electrons. The molecule has 1 fully saturated rings. The number of thiazole rings is 1. The second-order valence-corrected chi connectivity index (χ2v) is 8.88. The number of piperidine rings is 1. The Balaban J connectivity index is 1.56. The Hall–Kier alpha value is -3.74. The Morgan fingerprint density at radius 3 is 2.69 bits per heavy atom. The number of aromatic nitrogens is 2. The molecular weight excluding hydrogens is 487 g/mol. The molecule has 3 aromatic rings. The van der Waals surface area contributed by atoms with Crippen molar-refractivity contribution in [2.24, 2.45) is 5.73 Å². The Morgan fingerprint density at radius 1 is 1.23 bits per heavy atom. The Bertz CT molecular complexity index is 1310. The van der Waals surface area contributed by atoms with E-state index in [0.717, 1.165) is 6.42 Å². The van der Waals surface area contributed by atoms with Crippen molar-refractivity contribution in [2.75, 3.05) is 19.0 Å². The largest absolute Gasteiger partial charge is 0.480 e. The maximum atomic E-state index is 13.0. The molecule has 1 saturated heterocycles. The number of nitrogens with zero attached hydrogens (tertiary/aromatic N) is 3. The first-order valence-electron chi connectivity index (χ1n) is 10.5. The summed E-state index contributed by atoms with van der Waals surface area (Å²) >= 11 is 0.550. The molecule has 1 aliphatic rings. The highest BCUT2D eigenvalue weighted by molar-refractivity contribution is 7.18. The molecule has 3 N–H and O–H groups in total. The number of hydrogen-bond donors (Lipinski definition) is 2. The fraction of sp³-hybridized carbons (Fsp3) is 0.318. The van der Waals surface area contributed by atoms with Crippen molar-refractivity contribution in [3.63, 3.8) is 0 Å². The van der Waals surface area contributed by atoms with E-state index in [1.54, 1.807) is 12.1 Å². The van der Waals surface area contributed by atoms with Crippen LogP contribution in [0.2, 0.25) is 0 Å². The first-order valence-corrected chi connectivity index (χ1v) is 11.3. The second kappa shape index (κ2) is 9.49. The van der Waals surface area contributed by atoms with E-state index in [1.165, 1.54) is 30.3 Å². The normalized spacial score (nSPS) is 16.2. The smallest absolute Gasteiger partial charge is 0.443 e. The minimum absolute atomic E-state index is 0.0240. The van der Waals surface area contributed by atoms with Crippen LogP contribution in [0.25, 0.3) is 10.2 Å². The third kappa shape index (κ3) is 5.04. The van der Waals surface area contributed by atoms with Gasteiger partial charge in [-0.3, -0.25) is 14.4 Å². The van der Waals surface area contributed by atoms with Crippen molar-refractivity contribution >= 4 is 45.0 Å². The van der Waals surface area contributed by atoms with Gasteiger partial charge in [0.15, 0.2) is 5.01 Å². The number of primary amides is 1. The highest BCUT2D eigenvalue weighted by atomic mass is 32.1. The Kier molecular flexibility index (Phi) is 6.61. The molecular formula is C22H20F3N5O4S. The quantitative estimate of drug-likeness (QED) is 0.521. The van der Waals surface area contributed by atoms with Crippen LogP contribution in [0.3, 0.4) is 0 Å². The van der Waals surface area contributed by atoms with Crippen molar-refractivity contribution in [1.82, 2.24) is 14.9 Å². The van der Waals surface area contributed by atoms with Gasteiger partial charge >= 0.3 is 18.0 Å². The molecule has 0 bridgehead atoms. The topological polar surface area (TPSA) is 128 Å². The third-order valence-corrected chi connectivity index (χ3v) is 6.65. The van der Waals surface area contributed by atoms with E-state index in [1.807, 2.05) is 0 Å². The minimum atomic E-state index is -4.54. The summed E-state index contributed by atoms with van der Waals surface area (Å²) in [5, 5.41) is 1.47. The number of halogens is 3. The van der Waals surface area contributed by atoms with Crippen LogP contribution in [0.5, 0.6) is 5.88 Å². The first-order chi connectivity index (χ1) is 16.6. The van der Waals surface area contributed by atoms with E-state index >= 15 is 0 Å². The number of pyridine rings is 1. The van der Waals surface area contributed by atoms with Gasteiger partial charge in [0.05, 0.1) is 35.3 Å². The van der Waals surface area contributed by atoms with Crippen molar-refractivity contribution in [3.05, 3.63) is 46.6 Å². The maximum Gasteiger partial charge on any atom is 0.443 e.